The van der Waals surface area contributed by atoms with Gasteiger partial charge in [0.25, 0.3) is 11.1 Å². The lowest BCUT2D eigenvalue weighted by Crippen LogP contribution is -2.27. The maximum Gasteiger partial charge on any atom is 0.273 e. The molecule has 0 aromatic rings. The van der Waals surface area contributed by atoms with E-state index in [0.29, 0.717) is 15.6 Å². The summed E-state index contributed by atoms with van der Waals surface area (Å²) in [4.78, 5) is 23.3. The van der Waals surface area contributed by atoms with Crippen molar-refractivity contribution < 1.29 is 0 Å². The minimum absolute atomic E-state index is 0.0323. The van der Waals surface area contributed by atoms with Crippen LogP contribution in [0.15, 0.2) is 9.59 Å². The third-order valence-electron chi connectivity index (χ3n) is 1.84. The van der Waals surface area contributed by atoms with E-state index in [2.05, 4.69) is 0 Å². The van der Waals surface area contributed by atoms with Crippen molar-refractivity contribution in [1.29, 1.82) is 0 Å². The van der Waals surface area contributed by atoms with E-state index in [1.165, 1.54) is 26.5 Å². The summed E-state index contributed by atoms with van der Waals surface area (Å²) in [5, 5.41) is 0. The largest absolute Gasteiger partial charge is 0.273 e. The van der Waals surface area contributed by atoms with E-state index in [9.17, 15) is 9.59 Å². The third kappa shape index (κ3) is 1.23. The molecule has 0 unspecified atom stereocenters. The van der Waals surface area contributed by atoms with E-state index in [1.54, 1.807) is 0 Å². The predicted molar refractivity (Wildman–Crippen MR) is 57.9 cm³/mol. The number of aromatic nitrogens is 1. The van der Waals surface area contributed by atoms with Gasteiger partial charge in [0.2, 0.25) is 0 Å². The topological polar surface area (TPSA) is 39.1 Å². The Labute approximate surface area is 82.9 Å². The highest BCUT2D eigenvalue weighted by atomic mass is 32.8. The van der Waals surface area contributed by atoms with Crippen LogP contribution in [-0.2, 0) is 0 Å². The Morgan fingerprint density at radius 3 is 2.00 bits per heavy atom. The lowest BCUT2D eigenvalue weighted by atomic mass is 10.4. The van der Waals surface area contributed by atoms with Gasteiger partial charge >= 0.3 is 0 Å². The SMILES string of the molecule is CC(C)n1c(=O)c2s[pH]sc=2c1=O. The van der Waals surface area contributed by atoms with Crippen LogP contribution in [0.2, 0.25) is 0 Å². The second-order valence-corrected chi connectivity index (χ2v) is 7.64. The Hall–Kier alpha value is -0.380. The molecule has 2 aliphatic heterocycles. The smallest absolute Gasteiger partial charge is 0.270 e. The van der Waals surface area contributed by atoms with Gasteiger partial charge in [0.1, 0.15) is 9.06 Å². The van der Waals surface area contributed by atoms with Gasteiger partial charge in [0.05, 0.1) is 0 Å². The van der Waals surface area contributed by atoms with Crippen molar-refractivity contribution in [3.05, 3.63) is 29.8 Å². The number of nitrogens with zero attached hydrogens (tertiary/aromatic N) is 1. The highest BCUT2D eigenvalue weighted by Gasteiger charge is 2.13. The molecule has 0 spiro atoms. The molecule has 0 radical (unpaired) electrons. The van der Waals surface area contributed by atoms with Crippen LogP contribution < -0.4 is 11.1 Å². The Kier molecular flexibility index (Phi) is 2.18. The van der Waals surface area contributed by atoms with Crippen LogP contribution in [0.4, 0.5) is 0 Å². The molecule has 70 valence electrons. The summed E-state index contributed by atoms with van der Waals surface area (Å²) in [5.41, 5.74) is -0.199. The molecule has 3 nitrogen and oxygen atoms in total. The van der Waals surface area contributed by atoms with Crippen LogP contribution in [0.3, 0.4) is 0 Å². The van der Waals surface area contributed by atoms with Crippen molar-refractivity contribution in [2.75, 3.05) is 0 Å². The molecule has 2 rings (SSSR count). The first-order chi connectivity index (χ1) is 6.13. The van der Waals surface area contributed by atoms with Gasteiger partial charge in [-0.3, -0.25) is 14.2 Å². The first-order valence-corrected chi connectivity index (χ1v) is 7.92. The van der Waals surface area contributed by atoms with Crippen molar-refractivity contribution >= 4 is 28.4 Å². The van der Waals surface area contributed by atoms with Crippen LogP contribution in [-0.4, -0.2) is 4.57 Å². The van der Waals surface area contributed by atoms with Crippen LogP contribution in [0.1, 0.15) is 19.9 Å². The molecular weight excluding hydrogens is 225 g/mol. The molecule has 0 fully saturated rings. The fourth-order valence-electron chi connectivity index (χ4n) is 1.26. The van der Waals surface area contributed by atoms with Gasteiger partial charge in [-0.2, -0.15) is 0 Å². The molecule has 0 N–H and O–H groups in total. The van der Waals surface area contributed by atoms with Crippen LogP contribution in [0.25, 0.3) is 0 Å². The van der Waals surface area contributed by atoms with Crippen molar-refractivity contribution in [1.82, 2.24) is 4.57 Å². The molecule has 6 heteroatoms. The van der Waals surface area contributed by atoms with Crippen molar-refractivity contribution in [2.24, 2.45) is 0 Å². The molecule has 2 heterocycles. The second-order valence-electron chi connectivity index (χ2n) is 3.02. The van der Waals surface area contributed by atoms with Crippen molar-refractivity contribution in [3.8, 4) is 0 Å². The monoisotopic (exact) mass is 233 g/mol. The number of hydrogen-bond acceptors (Lipinski definition) is 4. The van der Waals surface area contributed by atoms with Gasteiger partial charge in [-0.25, -0.2) is 0 Å². The summed E-state index contributed by atoms with van der Waals surface area (Å²) in [6, 6.07) is -0.0323. The van der Waals surface area contributed by atoms with E-state index in [-0.39, 0.29) is 17.2 Å². The van der Waals surface area contributed by atoms with Crippen LogP contribution in [0, 0.1) is 9.06 Å². The molecule has 0 aliphatic carbocycles. The summed E-state index contributed by atoms with van der Waals surface area (Å²) < 4.78 is 2.68. The van der Waals surface area contributed by atoms with Gasteiger partial charge in [-0.05, 0) is 20.4 Å². The quantitative estimate of drug-likeness (QED) is 0.751. The summed E-state index contributed by atoms with van der Waals surface area (Å²) in [5.74, 6) is 0. The maximum absolute atomic E-state index is 11.7. The fourth-order valence-corrected chi connectivity index (χ4v) is 6.53. The first-order valence-electron chi connectivity index (χ1n) is 3.83. The normalized spacial score (nSPS) is 11.6. The lowest BCUT2D eigenvalue weighted by Gasteiger charge is -2.01. The summed E-state index contributed by atoms with van der Waals surface area (Å²) in [6.07, 6.45) is 0. The van der Waals surface area contributed by atoms with E-state index in [0.717, 1.165) is 0 Å². The molecule has 2 aliphatic rings. The van der Waals surface area contributed by atoms with E-state index in [1.807, 2.05) is 13.8 Å². The average molecular weight is 233 g/mol. The molecule has 0 aromatic carbocycles. The molecule has 0 bridgehead atoms. The van der Waals surface area contributed by atoms with Gasteiger partial charge in [0, 0.05) is 6.04 Å². The summed E-state index contributed by atoms with van der Waals surface area (Å²) in [6.45, 7) is 4.29. The highest BCUT2D eigenvalue weighted by Crippen LogP contribution is 2.22. The van der Waals surface area contributed by atoms with Crippen molar-refractivity contribution in [3.63, 3.8) is 0 Å². The maximum atomic E-state index is 11.7. The summed E-state index contributed by atoms with van der Waals surface area (Å²) in [7, 11) is 3.01. The number of rotatable bonds is 1. The van der Waals surface area contributed by atoms with Gasteiger partial charge in [-0.1, -0.05) is 0 Å². The zero-order chi connectivity index (χ0) is 9.59. The molecule has 0 atom stereocenters. The zero-order valence-corrected chi connectivity index (χ0v) is 9.79. The predicted octanol–water partition coefficient (Wildman–Crippen LogP) is 1.67. The van der Waals surface area contributed by atoms with E-state index < -0.39 is 0 Å². The molecule has 0 saturated carbocycles. The Morgan fingerprint density at radius 2 is 1.62 bits per heavy atom. The van der Waals surface area contributed by atoms with Gasteiger partial charge in [0.15, 0.2) is 0 Å². The Morgan fingerprint density at radius 1 is 1.15 bits per heavy atom. The standard InChI is InChI=1S/C7H8NO2PS2/c1-3(2)8-6(9)4-5(7(8)10)13-11-12-4/h3,11H,1-2H3. The second kappa shape index (κ2) is 3.08. The van der Waals surface area contributed by atoms with Crippen LogP contribution in [0.5, 0.6) is 0 Å². The Bertz CT molecular complexity index is 542. The number of hydrogen-bond donors (Lipinski definition) is 0. The molecular formula is C7H8NO2PS2. The molecule has 13 heavy (non-hydrogen) atoms. The molecule has 0 aromatic heterocycles. The van der Waals surface area contributed by atoms with Gasteiger partial charge < -0.3 is 0 Å². The zero-order valence-electron chi connectivity index (χ0n) is 7.16. The fraction of sp³-hybridized carbons (Fsp3) is 0.429. The van der Waals surface area contributed by atoms with E-state index >= 15 is 0 Å². The minimum Gasteiger partial charge on any atom is -0.270 e. The summed E-state index contributed by atoms with van der Waals surface area (Å²) >= 11 is 0. The lowest BCUT2D eigenvalue weighted by molar-refractivity contribution is 0.569. The van der Waals surface area contributed by atoms with Crippen LogP contribution >= 0.6 is 28.4 Å². The highest BCUT2D eigenvalue weighted by molar-refractivity contribution is 8.05. The van der Waals surface area contributed by atoms with Crippen molar-refractivity contribution in [2.45, 2.75) is 19.9 Å². The molecule has 0 saturated heterocycles. The van der Waals surface area contributed by atoms with E-state index in [4.69, 9.17) is 0 Å². The van der Waals surface area contributed by atoms with Gasteiger partial charge in [-0.15, -0.1) is 21.9 Å². The Balaban J connectivity index is 3.04. The first kappa shape index (κ1) is 9.19. The average Bonchev–Trinajstić information content (AvgIpc) is 2.56. The minimum atomic E-state index is -0.0995. The molecule has 0 amide bonds. The third-order valence-corrected chi connectivity index (χ3v) is 6.52.